The van der Waals surface area contributed by atoms with Crippen LogP contribution in [0, 0.1) is 11.8 Å². The van der Waals surface area contributed by atoms with Crippen molar-refractivity contribution in [2.45, 2.75) is 85.7 Å². The van der Waals surface area contributed by atoms with E-state index in [1.165, 1.54) is 0 Å². The number of amides is 2. The van der Waals surface area contributed by atoms with Gasteiger partial charge < -0.3 is 10.6 Å². The van der Waals surface area contributed by atoms with Gasteiger partial charge in [-0.15, -0.1) is 0 Å². The van der Waals surface area contributed by atoms with E-state index in [-0.39, 0.29) is 42.2 Å². The fourth-order valence-corrected chi connectivity index (χ4v) is 3.05. The van der Waals surface area contributed by atoms with Gasteiger partial charge in [0.25, 0.3) is 0 Å². The summed E-state index contributed by atoms with van der Waals surface area (Å²) in [7, 11) is 0. The van der Waals surface area contributed by atoms with E-state index in [0.717, 1.165) is 25.7 Å². The van der Waals surface area contributed by atoms with Crippen LogP contribution in [-0.4, -0.2) is 22.9 Å². The molecule has 0 aromatic carbocycles. The second kappa shape index (κ2) is 7.28. The van der Waals surface area contributed by atoms with Crippen LogP contribution in [0.1, 0.15) is 74.7 Å². The maximum absolute atomic E-state index is 11.1. The highest BCUT2D eigenvalue weighted by atomic mass is 16.2. The third-order valence-electron chi connectivity index (χ3n) is 4.16. The van der Waals surface area contributed by atoms with Crippen molar-refractivity contribution in [3.05, 3.63) is 0 Å². The molecule has 0 aromatic rings. The van der Waals surface area contributed by atoms with Crippen molar-refractivity contribution < 1.29 is 9.59 Å². The van der Waals surface area contributed by atoms with Crippen molar-refractivity contribution >= 4 is 11.8 Å². The van der Waals surface area contributed by atoms with Gasteiger partial charge in [-0.25, -0.2) is 0 Å². The number of nitrogens with one attached hydrogen (secondary N) is 2. The lowest BCUT2D eigenvalue weighted by molar-refractivity contribution is -0.123. The Morgan fingerprint density at radius 1 is 0.857 bits per heavy atom. The van der Waals surface area contributed by atoms with E-state index in [1.807, 2.05) is 0 Å². The van der Waals surface area contributed by atoms with E-state index in [4.69, 9.17) is 0 Å². The van der Waals surface area contributed by atoms with Gasteiger partial charge in [-0.05, 0) is 53.4 Å². The van der Waals surface area contributed by atoms with Crippen LogP contribution < -0.4 is 10.6 Å². The Kier molecular flexibility index (Phi) is 6.91. The molecule has 124 valence electrons. The zero-order valence-corrected chi connectivity index (χ0v) is 13.8. The largest absolute Gasteiger partial charge is 0.351 e. The van der Waals surface area contributed by atoms with Crippen molar-refractivity contribution in [1.82, 2.24) is 10.6 Å². The van der Waals surface area contributed by atoms with Gasteiger partial charge in [-0.3, -0.25) is 9.59 Å². The molecule has 4 nitrogen and oxygen atoms in total. The maximum atomic E-state index is 11.1. The van der Waals surface area contributed by atoms with Crippen molar-refractivity contribution in [2.75, 3.05) is 0 Å². The smallest absolute Gasteiger partial charge is 0.223 e. The molecule has 2 N–H and O–H groups in total. The van der Waals surface area contributed by atoms with Crippen LogP contribution in [0.5, 0.6) is 0 Å². The van der Waals surface area contributed by atoms with Crippen molar-refractivity contribution in [3.8, 4) is 0 Å². The SMILES string of the molecule is C.CCC1CC(C)(C)NC1=O.CCC1CC(C)(C)NC1=O. The van der Waals surface area contributed by atoms with Crippen molar-refractivity contribution in [3.63, 3.8) is 0 Å². The van der Waals surface area contributed by atoms with Gasteiger partial charge in [0.1, 0.15) is 0 Å². The van der Waals surface area contributed by atoms with Crippen LogP contribution >= 0.6 is 0 Å². The maximum Gasteiger partial charge on any atom is 0.223 e. The summed E-state index contributed by atoms with van der Waals surface area (Å²) in [4.78, 5) is 22.2. The van der Waals surface area contributed by atoms with E-state index >= 15 is 0 Å². The van der Waals surface area contributed by atoms with Gasteiger partial charge in [-0.1, -0.05) is 21.3 Å². The number of carbonyl (C=O) groups excluding carboxylic acids is 2. The lowest BCUT2D eigenvalue weighted by atomic mass is 9.95. The monoisotopic (exact) mass is 298 g/mol. The normalized spacial score (nSPS) is 28.9. The molecule has 2 heterocycles. The molecular formula is C17H34N2O2. The lowest BCUT2D eigenvalue weighted by Crippen LogP contribution is -2.34. The first-order valence-corrected chi connectivity index (χ1v) is 7.74. The molecule has 0 bridgehead atoms. The number of hydrogen-bond acceptors (Lipinski definition) is 2. The molecule has 2 saturated heterocycles. The van der Waals surface area contributed by atoms with Gasteiger partial charge in [0.05, 0.1) is 0 Å². The predicted octanol–water partition coefficient (Wildman–Crippen LogP) is 3.26. The van der Waals surface area contributed by atoms with Gasteiger partial charge in [0.15, 0.2) is 0 Å². The highest BCUT2D eigenvalue weighted by molar-refractivity contribution is 5.82. The van der Waals surface area contributed by atoms with Crippen molar-refractivity contribution in [2.24, 2.45) is 11.8 Å². The molecule has 0 aliphatic carbocycles. The van der Waals surface area contributed by atoms with Gasteiger partial charge >= 0.3 is 0 Å². The summed E-state index contributed by atoms with van der Waals surface area (Å²) in [6.07, 6.45) is 3.91. The summed E-state index contributed by atoms with van der Waals surface area (Å²) < 4.78 is 0. The van der Waals surface area contributed by atoms with E-state index < -0.39 is 0 Å². The molecule has 2 rings (SSSR count). The molecule has 0 saturated carbocycles. The summed E-state index contributed by atoms with van der Waals surface area (Å²) in [6, 6.07) is 0. The summed E-state index contributed by atoms with van der Waals surface area (Å²) in [6.45, 7) is 12.4. The Balaban J connectivity index is 0.000000364. The molecule has 0 aromatic heterocycles. The Morgan fingerprint density at radius 2 is 1.14 bits per heavy atom. The Labute approximate surface area is 130 Å². The van der Waals surface area contributed by atoms with E-state index in [2.05, 4.69) is 52.2 Å². The number of rotatable bonds is 2. The average Bonchev–Trinajstić information content (AvgIpc) is 2.73. The third kappa shape index (κ3) is 5.68. The Morgan fingerprint density at radius 3 is 1.24 bits per heavy atom. The van der Waals surface area contributed by atoms with Crippen LogP contribution in [0.4, 0.5) is 0 Å². The fraction of sp³-hybridized carbons (Fsp3) is 0.882. The topological polar surface area (TPSA) is 58.2 Å². The highest BCUT2D eigenvalue weighted by Gasteiger charge is 2.36. The number of carbonyl (C=O) groups is 2. The first kappa shape index (κ1) is 19.9. The fourth-order valence-electron chi connectivity index (χ4n) is 3.05. The molecule has 4 heteroatoms. The summed E-state index contributed by atoms with van der Waals surface area (Å²) in [5.41, 5.74) is 0.0789. The minimum Gasteiger partial charge on any atom is -0.351 e. The predicted molar refractivity (Wildman–Crippen MR) is 88.0 cm³/mol. The Bertz CT molecular complexity index is 339. The lowest BCUT2D eigenvalue weighted by Gasteiger charge is -2.16. The quantitative estimate of drug-likeness (QED) is 0.822. The standard InChI is InChI=1S/2C8H15NO.CH4/c2*1-4-6-5-8(2,3)9-7(6)10;/h2*6H,4-5H2,1-3H3,(H,9,10);1H4. The van der Waals surface area contributed by atoms with Crippen LogP contribution in [0.15, 0.2) is 0 Å². The second-order valence-corrected chi connectivity index (χ2v) is 7.36. The first-order valence-electron chi connectivity index (χ1n) is 7.74. The first-order chi connectivity index (χ1) is 9.10. The molecule has 0 spiro atoms. The molecular weight excluding hydrogens is 264 g/mol. The molecule has 21 heavy (non-hydrogen) atoms. The summed E-state index contributed by atoms with van der Waals surface area (Å²) >= 11 is 0. The van der Waals surface area contributed by atoms with Gasteiger partial charge in [0, 0.05) is 22.9 Å². The molecule has 2 fully saturated rings. The zero-order chi connectivity index (χ0) is 15.6. The Hall–Kier alpha value is -1.06. The van der Waals surface area contributed by atoms with E-state index in [9.17, 15) is 9.59 Å². The van der Waals surface area contributed by atoms with Crippen LogP contribution in [0.25, 0.3) is 0 Å². The highest BCUT2D eigenvalue weighted by Crippen LogP contribution is 2.26. The van der Waals surface area contributed by atoms with Gasteiger partial charge in [-0.2, -0.15) is 0 Å². The number of hydrogen-bond donors (Lipinski definition) is 2. The molecule has 2 unspecified atom stereocenters. The summed E-state index contributed by atoms with van der Waals surface area (Å²) in [5, 5.41) is 5.91. The molecule has 0 radical (unpaired) electrons. The molecule has 2 aliphatic heterocycles. The minimum atomic E-state index is 0. The van der Waals surface area contributed by atoms with E-state index in [0.29, 0.717) is 0 Å². The van der Waals surface area contributed by atoms with Crippen LogP contribution in [0.3, 0.4) is 0 Å². The van der Waals surface area contributed by atoms with Gasteiger partial charge in [0.2, 0.25) is 11.8 Å². The van der Waals surface area contributed by atoms with Crippen LogP contribution in [-0.2, 0) is 9.59 Å². The zero-order valence-electron chi connectivity index (χ0n) is 13.8. The molecule has 2 amide bonds. The third-order valence-corrected chi connectivity index (χ3v) is 4.16. The van der Waals surface area contributed by atoms with Crippen LogP contribution in [0.2, 0.25) is 0 Å². The molecule has 2 atom stereocenters. The average molecular weight is 298 g/mol. The van der Waals surface area contributed by atoms with E-state index in [1.54, 1.807) is 0 Å². The summed E-state index contributed by atoms with van der Waals surface area (Å²) in [5.74, 6) is 0.977. The minimum absolute atomic E-state index is 0. The van der Waals surface area contributed by atoms with Crippen molar-refractivity contribution in [1.29, 1.82) is 0 Å². The second-order valence-electron chi connectivity index (χ2n) is 7.36. The molecule has 2 aliphatic rings.